The fraction of sp³-hybridized carbons (Fsp3) is 0.727. The van der Waals surface area contributed by atoms with E-state index < -0.39 is 10.0 Å². The molecule has 0 amide bonds. The van der Waals surface area contributed by atoms with E-state index in [1.165, 1.54) is 0 Å². The fourth-order valence-corrected chi connectivity index (χ4v) is 3.29. The van der Waals surface area contributed by atoms with E-state index in [2.05, 4.69) is 10.1 Å². The van der Waals surface area contributed by atoms with Crippen LogP contribution >= 0.6 is 0 Å². The van der Waals surface area contributed by atoms with Crippen LogP contribution in [0.25, 0.3) is 0 Å². The highest BCUT2D eigenvalue weighted by Crippen LogP contribution is 2.21. The van der Waals surface area contributed by atoms with Crippen molar-refractivity contribution in [2.45, 2.75) is 38.8 Å². The van der Waals surface area contributed by atoms with Crippen LogP contribution in [-0.2, 0) is 16.6 Å². The van der Waals surface area contributed by atoms with Gasteiger partial charge in [-0.15, -0.1) is 0 Å². The Morgan fingerprint density at radius 3 is 2.94 bits per heavy atom. The number of rotatable bonds is 4. The van der Waals surface area contributed by atoms with Crippen LogP contribution in [-0.4, -0.2) is 36.8 Å². The number of primary sulfonamides is 1. The van der Waals surface area contributed by atoms with Gasteiger partial charge in [0.1, 0.15) is 12.0 Å². The van der Waals surface area contributed by atoms with Gasteiger partial charge in [-0.1, -0.05) is 11.6 Å². The third kappa shape index (κ3) is 3.54. The molecule has 1 atom stereocenters. The van der Waals surface area contributed by atoms with Crippen LogP contribution in [0.3, 0.4) is 0 Å². The summed E-state index contributed by atoms with van der Waals surface area (Å²) in [4.78, 5) is 2.14. The lowest BCUT2D eigenvalue weighted by atomic mass is 10.0. The van der Waals surface area contributed by atoms with E-state index in [1.54, 1.807) is 6.26 Å². The number of piperidine rings is 1. The van der Waals surface area contributed by atoms with Crippen LogP contribution in [0.15, 0.2) is 10.8 Å². The van der Waals surface area contributed by atoms with E-state index in [0.29, 0.717) is 6.54 Å². The summed E-state index contributed by atoms with van der Waals surface area (Å²) in [7, 11) is -3.43. The van der Waals surface area contributed by atoms with E-state index in [1.807, 2.05) is 6.92 Å². The third-order valence-electron chi connectivity index (χ3n) is 3.37. The molecule has 2 heterocycles. The molecular formula is C11H19N3O3S. The number of likely N-dealkylation sites (tertiary alicyclic amines) is 1. The number of nitrogens with two attached hydrogens (primary N) is 1. The second-order valence-electron chi connectivity index (χ2n) is 4.89. The molecule has 2 N–H and O–H groups in total. The van der Waals surface area contributed by atoms with Gasteiger partial charge in [-0.05, 0) is 26.3 Å². The Morgan fingerprint density at radius 2 is 2.33 bits per heavy atom. The molecule has 0 saturated carbocycles. The predicted octanol–water partition coefficient (Wildman–Crippen LogP) is 0.626. The second kappa shape index (κ2) is 5.38. The maximum absolute atomic E-state index is 11.2. The van der Waals surface area contributed by atoms with E-state index in [-0.39, 0.29) is 11.8 Å². The number of sulfonamides is 1. The number of hydrogen-bond acceptors (Lipinski definition) is 5. The molecule has 1 unspecified atom stereocenters. The molecule has 7 heteroatoms. The quantitative estimate of drug-likeness (QED) is 0.869. The maximum Gasteiger partial charge on any atom is 0.210 e. The van der Waals surface area contributed by atoms with Crippen molar-refractivity contribution in [3.8, 4) is 0 Å². The summed E-state index contributed by atoms with van der Waals surface area (Å²) in [6.45, 7) is 3.44. The molecule has 1 aromatic rings. The molecule has 0 spiro atoms. The first-order chi connectivity index (χ1) is 8.46. The summed E-state index contributed by atoms with van der Waals surface area (Å²) in [5.74, 6) is 0.0178. The molecule has 0 aromatic carbocycles. The summed E-state index contributed by atoms with van der Waals surface area (Å²) in [5, 5.41) is 9.09. The Labute approximate surface area is 107 Å². The highest BCUT2D eigenvalue weighted by atomic mass is 32.2. The lowest BCUT2D eigenvalue weighted by Gasteiger charge is -2.34. The Bertz CT molecular complexity index is 497. The van der Waals surface area contributed by atoms with Gasteiger partial charge in [-0.3, -0.25) is 4.90 Å². The van der Waals surface area contributed by atoms with E-state index in [4.69, 9.17) is 9.66 Å². The van der Waals surface area contributed by atoms with Crippen LogP contribution < -0.4 is 5.14 Å². The predicted molar refractivity (Wildman–Crippen MR) is 67.3 cm³/mol. The van der Waals surface area contributed by atoms with Crippen LogP contribution in [0.2, 0.25) is 0 Å². The van der Waals surface area contributed by atoms with Crippen molar-refractivity contribution in [3.63, 3.8) is 0 Å². The zero-order valence-electron chi connectivity index (χ0n) is 10.5. The van der Waals surface area contributed by atoms with E-state index in [9.17, 15) is 8.42 Å². The van der Waals surface area contributed by atoms with Crippen molar-refractivity contribution in [1.29, 1.82) is 0 Å². The van der Waals surface area contributed by atoms with E-state index in [0.717, 1.165) is 37.1 Å². The van der Waals surface area contributed by atoms with Crippen molar-refractivity contribution in [2.24, 2.45) is 5.14 Å². The standard InChI is InChI=1S/C11H19N3O3S/c1-9-7-17-13-11(9)6-14-5-3-2-4-10(14)8-18(12,15)16/h7,10H,2-6,8H2,1H3,(H2,12,15,16). The topological polar surface area (TPSA) is 89.4 Å². The highest BCUT2D eigenvalue weighted by Gasteiger charge is 2.26. The van der Waals surface area contributed by atoms with Gasteiger partial charge in [0.05, 0.1) is 5.75 Å². The van der Waals surface area contributed by atoms with Gasteiger partial charge >= 0.3 is 0 Å². The largest absolute Gasteiger partial charge is 0.364 e. The average molecular weight is 273 g/mol. The van der Waals surface area contributed by atoms with Crippen molar-refractivity contribution in [1.82, 2.24) is 10.1 Å². The number of hydrogen-bond donors (Lipinski definition) is 1. The van der Waals surface area contributed by atoms with Crippen LogP contribution in [0.4, 0.5) is 0 Å². The zero-order valence-corrected chi connectivity index (χ0v) is 11.3. The Kier molecular flexibility index (Phi) is 4.04. The average Bonchev–Trinajstić information content (AvgIpc) is 2.65. The number of aromatic nitrogens is 1. The van der Waals surface area contributed by atoms with Crippen LogP contribution in [0.1, 0.15) is 30.5 Å². The van der Waals surface area contributed by atoms with Gasteiger partial charge in [0.2, 0.25) is 10.0 Å². The Balaban J connectivity index is 2.06. The minimum Gasteiger partial charge on any atom is -0.364 e. The maximum atomic E-state index is 11.2. The molecule has 6 nitrogen and oxygen atoms in total. The first-order valence-corrected chi connectivity index (χ1v) is 7.81. The summed E-state index contributed by atoms with van der Waals surface area (Å²) in [6, 6.07) is -0.00940. The third-order valence-corrected chi connectivity index (χ3v) is 4.22. The molecule has 102 valence electrons. The number of nitrogens with zero attached hydrogens (tertiary/aromatic N) is 2. The lowest BCUT2D eigenvalue weighted by Crippen LogP contribution is -2.44. The van der Waals surface area contributed by atoms with Crippen LogP contribution in [0, 0.1) is 6.92 Å². The smallest absolute Gasteiger partial charge is 0.210 e. The molecule has 0 radical (unpaired) electrons. The zero-order chi connectivity index (χ0) is 13.2. The molecule has 0 bridgehead atoms. The van der Waals surface area contributed by atoms with E-state index >= 15 is 0 Å². The fourth-order valence-electron chi connectivity index (χ4n) is 2.38. The summed E-state index contributed by atoms with van der Waals surface area (Å²) >= 11 is 0. The summed E-state index contributed by atoms with van der Waals surface area (Å²) < 4.78 is 27.4. The van der Waals surface area contributed by atoms with Gasteiger partial charge in [0.25, 0.3) is 0 Å². The molecule has 18 heavy (non-hydrogen) atoms. The molecule has 0 aliphatic carbocycles. The van der Waals surface area contributed by atoms with Crippen LogP contribution in [0.5, 0.6) is 0 Å². The minimum atomic E-state index is -3.43. The SMILES string of the molecule is Cc1conc1CN1CCCCC1CS(N)(=O)=O. The lowest BCUT2D eigenvalue weighted by molar-refractivity contribution is 0.150. The van der Waals surface area contributed by atoms with Crippen molar-refractivity contribution < 1.29 is 12.9 Å². The van der Waals surface area contributed by atoms with Crippen molar-refractivity contribution in [3.05, 3.63) is 17.5 Å². The molecular weight excluding hydrogens is 254 g/mol. The molecule has 1 fully saturated rings. The second-order valence-corrected chi connectivity index (χ2v) is 6.55. The van der Waals surface area contributed by atoms with Gasteiger partial charge in [-0.25, -0.2) is 13.6 Å². The van der Waals surface area contributed by atoms with Gasteiger partial charge in [-0.2, -0.15) is 0 Å². The van der Waals surface area contributed by atoms with Gasteiger partial charge < -0.3 is 4.52 Å². The van der Waals surface area contributed by atoms with Crippen molar-refractivity contribution >= 4 is 10.0 Å². The summed E-state index contributed by atoms with van der Waals surface area (Å²) in [6.07, 6.45) is 4.60. The summed E-state index contributed by atoms with van der Waals surface area (Å²) in [5.41, 5.74) is 1.87. The molecule has 1 aromatic heterocycles. The molecule has 1 aliphatic heterocycles. The molecule has 2 rings (SSSR count). The Hall–Kier alpha value is -0.920. The molecule has 1 aliphatic rings. The minimum absolute atomic E-state index is 0.00940. The van der Waals surface area contributed by atoms with Gasteiger partial charge in [0, 0.05) is 18.2 Å². The normalized spacial score (nSPS) is 22.2. The number of aryl methyl sites for hydroxylation is 1. The first-order valence-electron chi connectivity index (χ1n) is 6.10. The Morgan fingerprint density at radius 1 is 1.56 bits per heavy atom. The highest BCUT2D eigenvalue weighted by molar-refractivity contribution is 7.89. The first kappa shape index (κ1) is 13.5. The monoisotopic (exact) mass is 273 g/mol. The van der Waals surface area contributed by atoms with Gasteiger partial charge in [0.15, 0.2) is 0 Å². The van der Waals surface area contributed by atoms with Crippen molar-refractivity contribution in [2.75, 3.05) is 12.3 Å². The molecule has 1 saturated heterocycles.